The lowest BCUT2D eigenvalue weighted by Gasteiger charge is -2.23. The van der Waals surface area contributed by atoms with E-state index in [0.29, 0.717) is 12.8 Å². The van der Waals surface area contributed by atoms with Gasteiger partial charge < -0.3 is 10.6 Å². The quantitative estimate of drug-likeness (QED) is 0.383. The first kappa shape index (κ1) is 22.4. The van der Waals surface area contributed by atoms with Crippen molar-refractivity contribution in [1.29, 1.82) is 0 Å². The van der Waals surface area contributed by atoms with Crippen LogP contribution in [0.4, 0.5) is 0 Å². The fraction of sp³-hybridized carbons (Fsp3) is 0.409. The smallest absolute Gasteiger partial charge is 0.244 e. The number of carbonyl (C=O) groups is 3. The molecule has 0 unspecified atom stereocenters. The molecule has 0 bridgehead atoms. The minimum atomic E-state index is -0.763. The minimum absolute atomic E-state index is 0.142. The Labute approximate surface area is 170 Å². The molecule has 0 spiro atoms. The number of nitrogens with one attached hydrogen (secondary N) is 3. The maximum absolute atomic E-state index is 12.8. The molecule has 0 aliphatic rings. The Morgan fingerprint density at radius 1 is 1.00 bits per heavy atom. The Morgan fingerprint density at radius 2 is 1.69 bits per heavy atom. The van der Waals surface area contributed by atoms with Crippen LogP contribution in [0.25, 0.3) is 10.8 Å². The average molecular weight is 399 g/mol. The number of fused-ring (bicyclic) bond motifs is 1. The van der Waals surface area contributed by atoms with Crippen LogP contribution in [0.5, 0.6) is 0 Å². The van der Waals surface area contributed by atoms with E-state index in [1.807, 2.05) is 56.3 Å². The molecular formula is C22H29N3O4. The van der Waals surface area contributed by atoms with Crippen LogP contribution in [-0.4, -0.2) is 36.0 Å². The van der Waals surface area contributed by atoms with Gasteiger partial charge in [0.1, 0.15) is 6.04 Å². The van der Waals surface area contributed by atoms with Crippen LogP contribution >= 0.6 is 0 Å². The van der Waals surface area contributed by atoms with Gasteiger partial charge >= 0.3 is 0 Å². The molecule has 2 aromatic carbocycles. The highest BCUT2D eigenvalue weighted by Crippen LogP contribution is 2.19. The van der Waals surface area contributed by atoms with E-state index in [1.165, 1.54) is 7.05 Å². The Bertz CT molecular complexity index is 866. The normalized spacial score (nSPS) is 13.0. The van der Waals surface area contributed by atoms with Gasteiger partial charge in [-0.15, -0.1) is 0 Å². The van der Waals surface area contributed by atoms with Gasteiger partial charge in [0.25, 0.3) is 0 Å². The second-order valence-electron chi connectivity index (χ2n) is 7.63. The maximum Gasteiger partial charge on any atom is 0.244 e. The van der Waals surface area contributed by atoms with Gasteiger partial charge in [-0.3, -0.25) is 19.6 Å². The van der Waals surface area contributed by atoms with E-state index in [2.05, 4.69) is 10.6 Å². The molecule has 7 nitrogen and oxygen atoms in total. The van der Waals surface area contributed by atoms with Crippen LogP contribution in [0.15, 0.2) is 42.5 Å². The molecule has 2 atom stereocenters. The molecule has 2 aromatic rings. The molecule has 7 heteroatoms. The van der Waals surface area contributed by atoms with Crippen LogP contribution in [-0.2, 0) is 20.8 Å². The van der Waals surface area contributed by atoms with Crippen molar-refractivity contribution in [2.45, 2.75) is 39.2 Å². The summed E-state index contributed by atoms with van der Waals surface area (Å²) < 4.78 is 0. The lowest BCUT2D eigenvalue weighted by molar-refractivity contribution is -0.136. The predicted molar refractivity (Wildman–Crippen MR) is 111 cm³/mol. The zero-order valence-corrected chi connectivity index (χ0v) is 17.1. The molecule has 0 aliphatic heterocycles. The minimum Gasteiger partial charge on any atom is -0.357 e. The van der Waals surface area contributed by atoms with E-state index in [-0.39, 0.29) is 24.2 Å². The third kappa shape index (κ3) is 6.57. The Hall–Kier alpha value is -2.93. The van der Waals surface area contributed by atoms with Gasteiger partial charge in [0.05, 0.1) is 0 Å². The summed E-state index contributed by atoms with van der Waals surface area (Å²) in [6.07, 6.45) is 0.656. The lowest BCUT2D eigenvalue weighted by atomic mass is 9.92. The third-order valence-electron chi connectivity index (χ3n) is 4.82. The van der Waals surface area contributed by atoms with Gasteiger partial charge in [-0.05, 0) is 28.7 Å². The lowest BCUT2D eigenvalue weighted by Crippen LogP contribution is -2.49. The van der Waals surface area contributed by atoms with E-state index in [1.54, 1.807) is 5.48 Å². The molecule has 0 saturated heterocycles. The fourth-order valence-corrected chi connectivity index (χ4v) is 3.40. The van der Waals surface area contributed by atoms with Crippen molar-refractivity contribution in [3.63, 3.8) is 0 Å². The summed E-state index contributed by atoms with van der Waals surface area (Å²) in [7, 11) is 1.52. The summed E-state index contributed by atoms with van der Waals surface area (Å²) in [6, 6.07) is 13.1. The van der Waals surface area contributed by atoms with Crippen molar-refractivity contribution in [2.75, 3.05) is 7.05 Å². The second-order valence-corrected chi connectivity index (χ2v) is 7.63. The van der Waals surface area contributed by atoms with Crippen molar-refractivity contribution < 1.29 is 19.6 Å². The molecule has 0 aliphatic carbocycles. The van der Waals surface area contributed by atoms with Crippen molar-refractivity contribution in [3.05, 3.63) is 48.0 Å². The molecule has 0 aromatic heterocycles. The first-order valence-corrected chi connectivity index (χ1v) is 9.76. The van der Waals surface area contributed by atoms with Gasteiger partial charge in [0.15, 0.2) is 0 Å². The highest BCUT2D eigenvalue weighted by atomic mass is 16.5. The zero-order valence-electron chi connectivity index (χ0n) is 17.1. The molecule has 156 valence electrons. The molecule has 0 saturated carbocycles. The number of hydroxylamine groups is 1. The third-order valence-corrected chi connectivity index (χ3v) is 4.82. The van der Waals surface area contributed by atoms with Crippen molar-refractivity contribution >= 4 is 28.5 Å². The average Bonchev–Trinajstić information content (AvgIpc) is 2.71. The number of rotatable bonds is 9. The largest absolute Gasteiger partial charge is 0.357 e. The standard InChI is InChI=1S/C22H29N3O4/c1-14(2)10-18(13-20(26)25-29)21(27)24-19(22(28)23-3)12-15-8-9-16-6-4-5-7-17(16)11-15/h4-9,11,14,18-19,29H,10,12-13H2,1-3H3,(H,23,28)(H,24,27)(H,25,26)/t18-,19+/m1/s1. The van der Waals surface area contributed by atoms with E-state index >= 15 is 0 Å². The van der Waals surface area contributed by atoms with Gasteiger partial charge in [-0.1, -0.05) is 56.3 Å². The number of likely N-dealkylation sites (N-methyl/N-ethyl adjacent to an activating group) is 1. The highest BCUT2D eigenvalue weighted by molar-refractivity contribution is 5.91. The second kappa shape index (κ2) is 10.6. The number of carbonyl (C=O) groups excluding carboxylic acids is 3. The van der Waals surface area contributed by atoms with Gasteiger partial charge in [0, 0.05) is 25.8 Å². The fourth-order valence-electron chi connectivity index (χ4n) is 3.40. The number of hydrogen-bond acceptors (Lipinski definition) is 4. The van der Waals surface area contributed by atoms with Crippen molar-refractivity contribution in [3.8, 4) is 0 Å². The van der Waals surface area contributed by atoms with Crippen LogP contribution in [0, 0.1) is 11.8 Å². The highest BCUT2D eigenvalue weighted by Gasteiger charge is 2.27. The van der Waals surface area contributed by atoms with Gasteiger partial charge in [-0.25, -0.2) is 5.48 Å². The van der Waals surface area contributed by atoms with Gasteiger partial charge in [-0.2, -0.15) is 0 Å². The van der Waals surface area contributed by atoms with Crippen LogP contribution < -0.4 is 16.1 Å². The summed E-state index contributed by atoms with van der Waals surface area (Å²) in [5.41, 5.74) is 2.49. The zero-order chi connectivity index (χ0) is 21.4. The number of benzene rings is 2. The number of hydrogen-bond donors (Lipinski definition) is 4. The summed E-state index contributed by atoms with van der Waals surface area (Å²) in [6.45, 7) is 3.89. The maximum atomic E-state index is 12.8. The number of amides is 3. The van der Waals surface area contributed by atoms with Gasteiger partial charge in [0.2, 0.25) is 17.7 Å². The molecule has 2 rings (SSSR count). The molecular weight excluding hydrogens is 370 g/mol. The Kier molecular flexibility index (Phi) is 8.15. The summed E-state index contributed by atoms with van der Waals surface area (Å²) >= 11 is 0. The van der Waals surface area contributed by atoms with Crippen molar-refractivity contribution in [2.24, 2.45) is 11.8 Å². The van der Waals surface area contributed by atoms with E-state index < -0.39 is 17.9 Å². The first-order valence-electron chi connectivity index (χ1n) is 9.76. The summed E-state index contributed by atoms with van der Waals surface area (Å²) in [4.78, 5) is 36.8. The predicted octanol–water partition coefficient (Wildman–Crippen LogP) is 2.17. The van der Waals surface area contributed by atoms with Crippen LogP contribution in [0.1, 0.15) is 32.3 Å². The first-order chi connectivity index (χ1) is 13.8. The summed E-state index contributed by atoms with van der Waals surface area (Å²) in [5, 5.41) is 16.3. The van der Waals surface area contributed by atoms with Crippen molar-refractivity contribution in [1.82, 2.24) is 16.1 Å². The molecule has 3 amide bonds. The van der Waals surface area contributed by atoms with Crippen LogP contribution in [0.3, 0.4) is 0 Å². The Morgan fingerprint density at radius 3 is 2.31 bits per heavy atom. The SMILES string of the molecule is CNC(=O)[C@H](Cc1ccc2ccccc2c1)NC(=O)[C@@H](CC(=O)NO)CC(C)C. The van der Waals surface area contributed by atoms with E-state index in [0.717, 1.165) is 16.3 Å². The topological polar surface area (TPSA) is 108 Å². The molecule has 0 radical (unpaired) electrons. The molecule has 0 fully saturated rings. The molecule has 0 heterocycles. The Balaban J connectivity index is 2.18. The monoisotopic (exact) mass is 399 g/mol. The molecule has 29 heavy (non-hydrogen) atoms. The van der Waals surface area contributed by atoms with E-state index in [9.17, 15) is 14.4 Å². The molecule has 4 N–H and O–H groups in total. The van der Waals surface area contributed by atoms with E-state index in [4.69, 9.17) is 5.21 Å². The summed E-state index contributed by atoms with van der Waals surface area (Å²) in [5.74, 6) is -1.77. The van der Waals surface area contributed by atoms with Crippen LogP contribution in [0.2, 0.25) is 0 Å².